The van der Waals surface area contributed by atoms with Crippen LogP contribution in [0.15, 0.2) is 0 Å². The maximum Gasteiger partial charge on any atom is -0.0358 e. The van der Waals surface area contributed by atoms with Crippen LogP contribution < -0.4 is 0 Å². The second-order valence-corrected chi connectivity index (χ2v) is 5.22. The molecule has 0 saturated heterocycles. The van der Waals surface area contributed by atoms with Gasteiger partial charge >= 0.3 is 0 Å². The van der Waals surface area contributed by atoms with E-state index in [0.29, 0.717) is 0 Å². The Bertz CT molecular complexity index is 135. The van der Waals surface area contributed by atoms with E-state index in [9.17, 15) is 0 Å². The molecular formula is C13H26. The van der Waals surface area contributed by atoms with E-state index in [2.05, 4.69) is 27.7 Å². The van der Waals surface area contributed by atoms with E-state index >= 15 is 0 Å². The minimum atomic E-state index is 0.872. The molecule has 13 heavy (non-hydrogen) atoms. The van der Waals surface area contributed by atoms with Crippen molar-refractivity contribution < 1.29 is 0 Å². The van der Waals surface area contributed by atoms with Gasteiger partial charge in [-0.2, -0.15) is 0 Å². The van der Waals surface area contributed by atoms with Gasteiger partial charge in [0.05, 0.1) is 0 Å². The largest absolute Gasteiger partial charge is 0.0651 e. The van der Waals surface area contributed by atoms with E-state index in [0.717, 1.165) is 23.7 Å². The van der Waals surface area contributed by atoms with Crippen LogP contribution in [0.1, 0.15) is 59.8 Å². The second kappa shape index (κ2) is 5.02. The average Bonchev–Trinajstić information content (AvgIpc) is 2.16. The number of hydrogen-bond donors (Lipinski definition) is 0. The van der Waals surface area contributed by atoms with Crippen LogP contribution in [0.5, 0.6) is 0 Å². The molecule has 0 aliphatic heterocycles. The lowest BCUT2D eigenvalue weighted by molar-refractivity contribution is 0.135. The fourth-order valence-corrected chi connectivity index (χ4v) is 2.93. The lowest BCUT2D eigenvalue weighted by atomic mass is 9.69. The first-order chi connectivity index (χ1) is 6.16. The summed E-state index contributed by atoms with van der Waals surface area (Å²) in [7, 11) is 0. The third kappa shape index (κ3) is 2.72. The monoisotopic (exact) mass is 182 g/mol. The van der Waals surface area contributed by atoms with Crippen molar-refractivity contribution in [1.29, 1.82) is 0 Å². The zero-order valence-corrected chi connectivity index (χ0v) is 9.84. The molecule has 0 aromatic carbocycles. The predicted octanol–water partition coefficient (Wildman–Crippen LogP) is 4.49. The highest BCUT2D eigenvalue weighted by atomic mass is 14.3. The summed E-state index contributed by atoms with van der Waals surface area (Å²) in [5.41, 5.74) is 0. The molecule has 0 heteroatoms. The molecule has 1 aliphatic rings. The maximum absolute atomic E-state index is 2.46. The van der Waals surface area contributed by atoms with E-state index in [4.69, 9.17) is 0 Å². The van der Waals surface area contributed by atoms with Gasteiger partial charge in [-0.3, -0.25) is 0 Å². The van der Waals surface area contributed by atoms with Crippen LogP contribution in [0.25, 0.3) is 0 Å². The van der Waals surface area contributed by atoms with Crippen molar-refractivity contribution >= 4 is 0 Å². The van der Waals surface area contributed by atoms with Crippen LogP contribution in [-0.2, 0) is 0 Å². The van der Waals surface area contributed by atoms with E-state index in [1.165, 1.54) is 32.1 Å². The Morgan fingerprint density at radius 3 is 2.23 bits per heavy atom. The zero-order valence-electron chi connectivity index (χ0n) is 9.84. The second-order valence-electron chi connectivity index (χ2n) is 5.22. The van der Waals surface area contributed by atoms with Crippen molar-refractivity contribution in [2.75, 3.05) is 0 Å². The Morgan fingerprint density at radius 2 is 1.69 bits per heavy atom. The van der Waals surface area contributed by atoms with E-state index < -0.39 is 0 Å². The van der Waals surface area contributed by atoms with Crippen LogP contribution >= 0.6 is 0 Å². The molecule has 0 N–H and O–H groups in total. The predicted molar refractivity (Wildman–Crippen MR) is 59.7 cm³/mol. The lowest BCUT2D eigenvalue weighted by Gasteiger charge is -2.37. The molecule has 1 aliphatic carbocycles. The van der Waals surface area contributed by atoms with Gasteiger partial charge < -0.3 is 0 Å². The fourth-order valence-electron chi connectivity index (χ4n) is 2.93. The van der Waals surface area contributed by atoms with Gasteiger partial charge in [-0.1, -0.05) is 53.4 Å². The Morgan fingerprint density at radius 1 is 1.08 bits per heavy atom. The maximum atomic E-state index is 2.46. The number of hydrogen-bond acceptors (Lipinski definition) is 0. The first-order valence-corrected chi connectivity index (χ1v) is 6.16. The molecule has 78 valence electrons. The third-order valence-electron chi connectivity index (χ3n) is 4.22. The van der Waals surface area contributed by atoms with Gasteiger partial charge in [0, 0.05) is 0 Å². The molecule has 0 spiro atoms. The van der Waals surface area contributed by atoms with E-state index in [1.807, 2.05) is 0 Å². The molecule has 1 rings (SSSR count). The zero-order chi connectivity index (χ0) is 9.84. The molecule has 0 aromatic heterocycles. The Kier molecular flexibility index (Phi) is 4.28. The first-order valence-electron chi connectivity index (χ1n) is 6.16. The Hall–Kier alpha value is 0. The molecule has 0 heterocycles. The van der Waals surface area contributed by atoms with E-state index in [-0.39, 0.29) is 0 Å². The van der Waals surface area contributed by atoms with Crippen molar-refractivity contribution in [2.45, 2.75) is 59.8 Å². The summed E-state index contributed by atoms with van der Waals surface area (Å²) >= 11 is 0. The van der Waals surface area contributed by atoms with Gasteiger partial charge in [-0.25, -0.2) is 0 Å². The average molecular weight is 182 g/mol. The standard InChI is InChI=1S/C13H26/c1-5-12-8-6-7-9-13(12)11(4)10(2)3/h10-13H,5-9H2,1-4H3. The van der Waals surface area contributed by atoms with Crippen molar-refractivity contribution in [3.05, 3.63) is 0 Å². The van der Waals surface area contributed by atoms with Crippen LogP contribution in [0.3, 0.4) is 0 Å². The minimum Gasteiger partial charge on any atom is -0.0651 e. The highest BCUT2D eigenvalue weighted by molar-refractivity contribution is 4.79. The van der Waals surface area contributed by atoms with Crippen LogP contribution in [0.2, 0.25) is 0 Å². The summed E-state index contributed by atoms with van der Waals surface area (Å²) in [4.78, 5) is 0. The van der Waals surface area contributed by atoms with Gasteiger partial charge in [-0.15, -0.1) is 0 Å². The highest BCUT2D eigenvalue weighted by Crippen LogP contribution is 2.39. The molecule has 1 saturated carbocycles. The lowest BCUT2D eigenvalue weighted by Crippen LogP contribution is -2.27. The minimum absolute atomic E-state index is 0.872. The normalized spacial score (nSPS) is 32.1. The summed E-state index contributed by atoms with van der Waals surface area (Å²) in [6.07, 6.45) is 7.37. The van der Waals surface area contributed by atoms with Gasteiger partial charge in [0.2, 0.25) is 0 Å². The summed E-state index contributed by atoms with van der Waals surface area (Å²) in [5, 5.41) is 0. The van der Waals surface area contributed by atoms with Gasteiger partial charge in [-0.05, 0) is 30.1 Å². The smallest absolute Gasteiger partial charge is 0.0358 e. The fraction of sp³-hybridized carbons (Fsp3) is 1.00. The van der Waals surface area contributed by atoms with Gasteiger partial charge in [0.15, 0.2) is 0 Å². The Balaban J connectivity index is 2.53. The van der Waals surface area contributed by atoms with E-state index in [1.54, 1.807) is 0 Å². The van der Waals surface area contributed by atoms with Crippen molar-refractivity contribution in [3.8, 4) is 0 Å². The topological polar surface area (TPSA) is 0 Å². The van der Waals surface area contributed by atoms with Gasteiger partial charge in [0.25, 0.3) is 0 Å². The Labute approximate surface area is 84.1 Å². The molecule has 0 nitrogen and oxygen atoms in total. The molecule has 0 amide bonds. The molecule has 0 bridgehead atoms. The molecule has 1 fully saturated rings. The highest BCUT2D eigenvalue weighted by Gasteiger charge is 2.29. The van der Waals surface area contributed by atoms with Crippen LogP contribution in [-0.4, -0.2) is 0 Å². The van der Waals surface area contributed by atoms with Crippen molar-refractivity contribution in [3.63, 3.8) is 0 Å². The third-order valence-corrected chi connectivity index (χ3v) is 4.22. The quantitative estimate of drug-likeness (QED) is 0.603. The molecular weight excluding hydrogens is 156 g/mol. The molecule has 0 aromatic rings. The SMILES string of the molecule is CCC1CCCCC1C(C)C(C)C. The van der Waals surface area contributed by atoms with Crippen molar-refractivity contribution in [1.82, 2.24) is 0 Å². The van der Waals surface area contributed by atoms with Crippen LogP contribution in [0.4, 0.5) is 0 Å². The summed E-state index contributed by atoms with van der Waals surface area (Å²) in [6.45, 7) is 9.59. The molecule has 3 atom stereocenters. The summed E-state index contributed by atoms with van der Waals surface area (Å²) in [6, 6.07) is 0. The summed E-state index contributed by atoms with van der Waals surface area (Å²) in [5.74, 6) is 3.87. The van der Waals surface area contributed by atoms with Crippen molar-refractivity contribution in [2.24, 2.45) is 23.7 Å². The molecule has 3 unspecified atom stereocenters. The van der Waals surface area contributed by atoms with Gasteiger partial charge in [0.1, 0.15) is 0 Å². The van der Waals surface area contributed by atoms with Crippen LogP contribution in [0, 0.1) is 23.7 Å². The first kappa shape index (κ1) is 11.1. The molecule has 0 radical (unpaired) electrons. The summed E-state index contributed by atoms with van der Waals surface area (Å²) < 4.78 is 0. The number of rotatable bonds is 3.